The quantitative estimate of drug-likeness (QED) is 0.804. The summed E-state index contributed by atoms with van der Waals surface area (Å²) in [4.78, 5) is 16.7. The summed E-state index contributed by atoms with van der Waals surface area (Å²) in [7, 11) is 0. The van der Waals surface area contributed by atoms with Crippen molar-refractivity contribution in [1.29, 1.82) is 0 Å². The van der Waals surface area contributed by atoms with Gasteiger partial charge in [-0.2, -0.15) is 0 Å². The third kappa shape index (κ3) is 4.61. The second kappa shape index (κ2) is 7.66. The number of rotatable bonds is 6. The predicted molar refractivity (Wildman–Crippen MR) is 82.9 cm³/mol. The van der Waals surface area contributed by atoms with Crippen LogP contribution in [0, 0.1) is 5.82 Å². The van der Waals surface area contributed by atoms with E-state index in [9.17, 15) is 9.18 Å². The Balaban J connectivity index is 1.78. The van der Waals surface area contributed by atoms with Crippen molar-refractivity contribution in [2.45, 2.75) is 32.7 Å². The molecule has 1 saturated heterocycles. The fraction of sp³-hybridized carbons (Fsp3) is 0.588. The number of carbonyl (C=O) groups excluding carboxylic acids is 1. The lowest BCUT2D eigenvalue weighted by Crippen LogP contribution is -2.50. The molecule has 0 spiro atoms. The molecule has 1 atom stereocenters. The van der Waals surface area contributed by atoms with Gasteiger partial charge in [0.05, 0.1) is 6.54 Å². The Hall–Kier alpha value is -1.26. The summed E-state index contributed by atoms with van der Waals surface area (Å²) in [6, 6.07) is 7.14. The van der Waals surface area contributed by atoms with Crippen LogP contribution in [0.4, 0.5) is 4.39 Å². The first-order chi connectivity index (χ1) is 10.1. The summed E-state index contributed by atoms with van der Waals surface area (Å²) in [5.74, 6) is -0.190. The predicted octanol–water partition coefficient (Wildman–Crippen LogP) is 2.35. The molecule has 0 amide bonds. The van der Waals surface area contributed by atoms with Gasteiger partial charge in [-0.1, -0.05) is 25.1 Å². The van der Waals surface area contributed by atoms with Crippen molar-refractivity contribution in [3.05, 3.63) is 35.6 Å². The van der Waals surface area contributed by atoms with E-state index in [2.05, 4.69) is 23.6 Å². The first-order valence-corrected chi connectivity index (χ1v) is 7.81. The summed E-state index contributed by atoms with van der Waals surface area (Å²) in [6.07, 6.45) is 1.35. The Morgan fingerprint density at radius 3 is 2.52 bits per heavy atom. The third-order valence-corrected chi connectivity index (χ3v) is 4.37. The number of piperazine rings is 1. The highest BCUT2D eigenvalue weighted by Gasteiger charge is 2.21. The lowest BCUT2D eigenvalue weighted by molar-refractivity contribution is -0.120. The molecule has 1 aliphatic rings. The summed E-state index contributed by atoms with van der Waals surface area (Å²) in [6.45, 7) is 8.77. The van der Waals surface area contributed by atoms with E-state index in [1.807, 2.05) is 0 Å². The van der Waals surface area contributed by atoms with Crippen LogP contribution in [-0.4, -0.2) is 54.3 Å². The molecule has 21 heavy (non-hydrogen) atoms. The molecule has 1 aromatic rings. The molecule has 1 unspecified atom stereocenters. The Morgan fingerprint density at radius 1 is 1.24 bits per heavy atom. The average molecular weight is 292 g/mol. The van der Waals surface area contributed by atoms with Gasteiger partial charge in [-0.05, 0) is 25.0 Å². The van der Waals surface area contributed by atoms with Gasteiger partial charge in [0.1, 0.15) is 5.82 Å². The maximum atomic E-state index is 13.5. The van der Waals surface area contributed by atoms with Crippen LogP contribution >= 0.6 is 0 Å². The molecule has 0 aromatic heterocycles. The molecule has 1 aliphatic heterocycles. The van der Waals surface area contributed by atoms with Gasteiger partial charge in [0, 0.05) is 38.6 Å². The van der Waals surface area contributed by atoms with E-state index in [1.165, 1.54) is 6.07 Å². The fourth-order valence-electron chi connectivity index (χ4n) is 2.78. The number of nitrogens with zero attached hydrogens (tertiary/aromatic N) is 2. The van der Waals surface area contributed by atoms with Gasteiger partial charge in [-0.15, -0.1) is 0 Å². The lowest BCUT2D eigenvalue weighted by Gasteiger charge is -2.37. The molecular formula is C17H25FN2O. The van der Waals surface area contributed by atoms with Crippen LogP contribution in [0.3, 0.4) is 0 Å². The topological polar surface area (TPSA) is 23.6 Å². The van der Waals surface area contributed by atoms with Crippen LogP contribution in [0.2, 0.25) is 0 Å². The summed E-state index contributed by atoms with van der Waals surface area (Å²) >= 11 is 0. The van der Waals surface area contributed by atoms with Crippen LogP contribution in [0.15, 0.2) is 24.3 Å². The maximum Gasteiger partial charge on any atom is 0.151 e. The first kappa shape index (κ1) is 16.1. The number of halogens is 1. The molecule has 0 aliphatic carbocycles. The molecule has 1 fully saturated rings. The van der Waals surface area contributed by atoms with Crippen LogP contribution in [0.5, 0.6) is 0 Å². The van der Waals surface area contributed by atoms with E-state index in [4.69, 9.17) is 0 Å². The van der Waals surface area contributed by atoms with Gasteiger partial charge in [-0.25, -0.2) is 4.39 Å². The Labute approximate surface area is 126 Å². The Bertz CT molecular complexity index is 470. The number of hydrogen-bond donors (Lipinski definition) is 0. The normalized spacial score (nSPS) is 18.6. The highest BCUT2D eigenvalue weighted by atomic mass is 19.1. The van der Waals surface area contributed by atoms with Gasteiger partial charge in [-0.3, -0.25) is 14.6 Å². The standard InChI is InChI=1S/C17H25FN2O/c1-3-14(2)20-10-8-19(9-11-20)13-16(21)12-15-6-4-5-7-17(15)18/h4-7,14H,3,8-13H2,1-2H3. The third-order valence-electron chi connectivity index (χ3n) is 4.37. The van der Waals surface area contributed by atoms with Crippen molar-refractivity contribution >= 4 is 5.78 Å². The van der Waals surface area contributed by atoms with Gasteiger partial charge in [0.2, 0.25) is 0 Å². The monoisotopic (exact) mass is 292 g/mol. The highest BCUT2D eigenvalue weighted by Crippen LogP contribution is 2.10. The van der Waals surface area contributed by atoms with Gasteiger partial charge in [0.15, 0.2) is 5.78 Å². The van der Waals surface area contributed by atoms with Crippen molar-refractivity contribution in [2.24, 2.45) is 0 Å². The van der Waals surface area contributed by atoms with Gasteiger partial charge >= 0.3 is 0 Å². The van der Waals surface area contributed by atoms with Crippen LogP contribution < -0.4 is 0 Å². The lowest BCUT2D eigenvalue weighted by atomic mass is 10.1. The molecule has 3 nitrogen and oxygen atoms in total. The zero-order valence-corrected chi connectivity index (χ0v) is 13.0. The van der Waals surface area contributed by atoms with Crippen LogP contribution in [0.1, 0.15) is 25.8 Å². The first-order valence-electron chi connectivity index (χ1n) is 7.81. The molecule has 0 radical (unpaired) electrons. The number of carbonyl (C=O) groups is 1. The van der Waals surface area contributed by atoms with Gasteiger partial charge < -0.3 is 0 Å². The highest BCUT2D eigenvalue weighted by molar-refractivity contribution is 5.82. The molecule has 2 rings (SSSR count). The van der Waals surface area contributed by atoms with E-state index >= 15 is 0 Å². The summed E-state index contributed by atoms with van der Waals surface area (Å²) in [5, 5.41) is 0. The Kier molecular flexibility index (Phi) is 5.88. The van der Waals surface area contributed by atoms with Crippen molar-refractivity contribution in [3.8, 4) is 0 Å². The zero-order valence-electron chi connectivity index (χ0n) is 13.0. The molecule has 0 bridgehead atoms. The zero-order chi connectivity index (χ0) is 15.2. The minimum Gasteiger partial charge on any atom is -0.298 e. The minimum atomic E-state index is -0.285. The molecule has 1 heterocycles. The van der Waals surface area contributed by atoms with Crippen molar-refractivity contribution in [1.82, 2.24) is 9.80 Å². The summed E-state index contributed by atoms with van der Waals surface area (Å²) < 4.78 is 13.5. The second-order valence-corrected chi connectivity index (χ2v) is 5.88. The molecular weight excluding hydrogens is 267 g/mol. The van der Waals surface area contributed by atoms with E-state index in [0.717, 1.165) is 32.6 Å². The molecule has 4 heteroatoms. The number of hydrogen-bond acceptors (Lipinski definition) is 3. The number of ketones is 1. The molecule has 0 N–H and O–H groups in total. The largest absolute Gasteiger partial charge is 0.298 e. The van der Waals surface area contributed by atoms with Crippen molar-refractivity contribution < 1.29 is 9.18 Å². The van der Waals surface area contributed by atoms with Crippen LogP contribution in [0.25, 0.3) is 0 Å². The maximum absolute atomic E-state index is 13.5. The smallest absolute Gasteiger partial charge is 0.151 e. The van der Waals surface area contributed by atoms with Gasteiger partial charge in [0.25, 0.3) is 0 Å². The van der Waals surface area contributed by atoms with Crippen LogP contribution in [-0.2, 0) is 11.2 Å². The molecule has 0 saturated carbocycles. The Morgan fingerprint density at radius 2 is 1.90 bits per heavy atom. The average Bonchev–Trinajstić information content (AvgIpc) is 2.49. The summed E-state index contributed by atoms with van der Waals surface area (Å²) in [5.41, 5.74) is 0.501. The van der Waals surface area contributed by atoms with Crippen molar-refractivity contribution in [3.63, 3.8) is 0 Å². The van der Waals surface area contributed by atoms with Crippen molar-refractivity contribution in [2.75, 3.05) is 32.7 Å². The second-order valence-electron chi connectivity index (χ2n) is 5.88. The van der Waals surface area contributed by atoms with E-state index in [0.29, 0.717) is 18.2 Å². The van der Waals surface area contributed by atoms with E-state index in [-0.39, 0.29) is 18.0 Å². The molecule has 116 valence electrons. The van der Waals surface area contributed by atoms with E-state index in [1.54, 1.807) is 18.2 Å². The number of Topliss-reactive ketones (excluding diaryl/α,β-unsaturated/α-hetero) is 1. The number of benzene rings is 1. The van der Waals surface area contributed by atoms with E-state index < -0.39 is 0 Å². The minimum absolute atomic E-state index is 0.0945. The fourth-order valence-corrected chi connectivity index (χ4v) is 2.78. The molecule has 1 aromatic carbocycles. The SMILES string of the molecule is CCC(C)N1CCN(CC(=O)Cc2ccccc2F)CC1.